The number of hydrogen-bond acceptors (Lipinski definition) is 4. The normalized spacial score (nSPS) is 11.3. The third-order valence-corrected chi connectivity index (χ3v) is 4.82. The molecule has 0 saturated heterocycles. The highest BCUT2D eigenvalue weighted by Gasteiger charge is 2.47. The van der Waals surface area contributed by atoms with Crippen LogP contribution in [0, 0.1) is 5.41 Å². The van der Waals surface area contributed by atoms with Gasteiger partial charge in [-0.15, -0.1) is 0 Å². The van der Waals surface area contributed by atoms with Crippen LogP contribution < -0.4 is 0 Å². The fourth-order valence-corrected chi connectivity index (χ4v) is 3.24. The van der Waals surface area contributed by atoms with E-state index in [1.807, 2.05) is 0 Å². The van der Waals surface area contributed by atoms with Gasteiger partial charge in [0.15, 0.2) is 5.41 Å². The van der Waals surface area contributed by atoms with Gasteiger partial charge >= 0.3 is 11.9 Å². The van der Waals surface area contributed by atoms with Gasteiger partial charge in [0.05, 0.1) is 14.2 Å². The van der Waals surface area contributed by atoms with E-state index in [-0.39, 0.29) is 0 Å². The summed E-state index contributed by atoms with van der Waals surface area (Å²) in [5, 5.41) is 0. The fraction of sp³-hybridized carbons (Fsp3) is 0.900. The maximum absolute atomic E-state index is 12.4. The van der Waals surface area contributed by atoms with Crippen LogP contribution in [-0.4, -0.2) is 26.2 Å². The van der Waals surface area contributed by atoms with Crippen molar-refractivity contribution < 1.29 is 19.1 Å². The first-order chi connectivity index (χ1) is 11.6. The molecule has 0 heterocycles. The average Bonchev–Trinajstić information content (AvgIpc) is 2.61. The highest BCUT2D eigenvalue weighted by molar-refractivity contribution is 5.99. The standard InChI is InChI=1S/C20H38O4/c1-5-7-9-11-12-13-15-17-20(18(21)23-3,19(22)24-4)16-14-10-8-6-2/h5-17H2,1-4H3. The Labute approximate surface area is 148 Å². The van der Waals surface area contributed by atoms with Crippen molar-refractivity contribution >= 4 is 11.9 Å². The van der Waals surface area contributed by atoms with Crippen LogP contribution in [0.15, 0.2) is 0 Å². The van der Waals surface area contributed by atoms with E-state index in [1.54, 1.807) is 0 Å². The molecule has 0 unspecified atom stereocenters. The zero-order valence-corrected chi connectivity index (χ0v) is 16.3. The van der Waals surface area contributed by atoms with Crippen LogP contribution in [0.4, 0.5) is 0 Å². The molecule has 0 amide bonds. The van der Waals surface area contributed by atoms with Crippen LogP contribution >= 0.6 is 0 Å². The smallest absolute Gasteiger partial charge is 0.323 e. The van der Waals surface area contributed by atoms with E-state index in [0.717, 1.165) is 44.9 Å². The highest BCUT2D eigenvalue weighted by Crippen LogP contribution is 2.35. The number of rotatable bonds is 15. The second-order valence-corrected chi connectivity index (χ2v) is 6.75. The largest absolute Gasteiger partial charge is 0.468 e. The summed E-state index contributed by atoms with van der Waals surface area (Å²) in [4.78, 5) is 24.8. The summed E-state index contributed by atoms with van der Waals surface area (Å²) in [6.45, 7) is 4.35. The van der Waals surface area contributed by atoms with Gasteiger partial charge in [-0.05, 0) is 12.8 Å². The van der Waals surface area contributed by atoms with E-state index >= 15 is 0 Å². The maximum Gasteiger partial charge on any atom is 0.323 e. The number of carbonyl (C=O) groups excluding carboxylic acids is 2. The van der Waals surface area contributed by atoms with Crippen molar-refractivity contribution in [3.63, 3.8) is 0 Å². The Morgan fingerprint density at radius 1 is 0.625 bits per heavy atom. The molecule has 0 aliphatic heterocycles. The molecule has 4 nitrogen and oxygen atoms in total. The summed E-state index contributed by atoms with van der Waals surface area (Å²) in [7, 11) is 2.72. The van der Waals surface area contributed by atoms with E-state index in [9.17, 15) is 9.59 Å². The van der Waals surface area contributed by atoms with Crippen LogP contribution in [0.2, 0.25) is 0 Å². The Hall–Kier alpha value is -1.06. The summed E-state index contributed by atoms with van der Waals surface area (Å²) >= 11 is 0. The molecule has 24 heavy (non-hydrogen) atoms. The van der Waals surface area contributed by atoms with Crippen LogP contribution in [0.5, 0.6) is 0 Å². The number of ether oxygens (including phenoxy) is 2. The third kappa shape index (κ3) is 8.16. The lowest BCUT2D eigenvalue weighted by Crippen LogP contribution is -2.41. The Bertz CT molecular complexity index is 323. The lowest BCUT2D eigenvalue weighted by atomic mass is 9.77. The Balaban J connectivity index is 4.63. The van der Waals surface area contributed by atoms with Crippen molar-refractivity contribution in [1.82, 2.24) is 0 Å². The molecular formula is C20H38O4. The van der Waals surface area contributed by atoms with Gasteiger partial charge < -0.3 is 9.47 Å². The van der Waals surface area contributed by atoms with E-state index < -0.39 is 17.4 Å². The second kappa shape index (κ2) is 14.3. The quantitative estimate of drug-likeness (QED) is 0.226. The van der Waals surface area contributed by atoms with Crippen LogP contribution in [-0.2, 0) is 19.1 Å². The molecule has 0 spiro atoms. The molecular weight excluding hydrogens is 304 g/mol. The molecule has 0 aromatic rings. The number of unbranched alkanes of at least 4 members (excludes halogenated alkanes) is 9. The molecule has 4 heteroatoms. The fourth-order valence-electron chi connectivity index (χ4n) is 3.24. The lowest BCUT2D eigenvalue weighted by molar-refractivity contribution is -0.170. The van der Waals surface area contributed by atoms with Crippen LogP contribution in [0.25, 0.3) is 0 Å². The minimum Gasteiger partial charge on any atom is -0.468 e. The molecule has 0 rings (SSSR count). The van der Waals surface area contributed by atoms with Gasteiger partial charge in [-0.1, -0.05) is 84.5 Å². The monoisotopic (exact) mass is 342 g/mol. The minimum absolute atomic E-state index is 0.433. The molecule has 0 aromatic heterocycles. The van der Waals surface area contributed by atoms with E-state index in [0.29, 0.717) is 12.8 Å². The predicted octanol–water partition coefficient (Wildman–Crippen LogP) is 5.43. The van der Waals surface area contributed by atoms with Gasteiger partial charge in [-0.25, -0.2) is 0 Å². The predicted molar refractivity (Wildman–Crippen MR) is 97.8 cm³/mol. The average molecular weight is 343 g/mol. The summed E-state index contributed by atoms with van der Waals surface area (Å²) in [6.07, 6.45) is 13.3. The summed E-state index contributed by atoms with van der Waals surface area (Å²) in [5.74, 6) is -0.867. The Morgan fingerprint density at radius 3 is 1.33 bits per heavy atom. The molecule has 0 atom stereocenters. The number of esters is 2. The molecule has 0 saturated carbocycles. The van der Waals surface area contributed by atoms with Gasteiger partial charge in [0.1, 0.15) is 0 Å². The number of hydrogen-bond donors (Lipinski definition) is 0. The van der Waals surface area contributed by atoms with Crippen LogP contribution in [0.1, 0.15) is 97.3 Å². The maximum atomic E-state index is 12.4. The van der Waals surface area contributed by atoms with Crippen molar-refractivity contribution in [2.24, 2.45) is 5.41 Å². The van der Waals surface area contributed by atoms with Crippen molar-refractivity contribution in [2.45, 2.75) is 97.3 Å². The minimum atomic E-state index is -1.11. The van der Waals surface area contributed by atoms with Crippen molar-refractivity contribution in [3.8, 4) is 0 Å². The molecule has 0 N–H and O–H groups in total. The van der Waals surface area contributed by atoms with Gasteiger partial charge in [0, 0.05) is 0 Å². The first kappa shape index (κ1) is 22.9. The molecule has 0 aliphatic rings. The number of methoxy groups -OCH3 is 2. The molecule has 0 aromatic carbocycles. The molecule has 0 fully saturated rings. The third-order valence-electron chi connectivity index (χ3n) is 4.82. The van der Waals surface area contributed by atoms with Crippen molar-refractivity contribution in [3.05, 3.63) is 0 Å². The van der Waals surface area contributed by atoms with E-state index in [1.165, 1.54) is 39.9 Å². The van der Waals surface area contributed by atoms with Gasteiger partial charge in [0.25, 0.3) is 0 Å². The molecule has 0 aliphatic carbocycles. The zero-order chi connectivity index (χ0) is 18.3. The summed E-state index contributed by atoms with van der Waals surface area (Å²) < 4.78 is 9.93. The van der Waals surface area contributed by atoms with E-state index in [2.05, 4.69) is 13.8 Å². The van der Waals surface area contributed by atoms with Gasteiger partial charge in [-0.2, -0.15) is 0 Å². The summed E-state index contributed by atoms with van der Waals surface area (Å²) in [5.41, 5.74) is -1.11. The highest BCUT2D eigenvalue weighted by atomic mass is 16.5. The molecule has 142 valence electrons. The van der Waals surface area contributed by atoms with Gasteiger partial charge in [0.2, 0.25) is 0 Å². The zero-order valence-electron chi connectivity index (χ0n) is 16.3. The SMILES string of the molecule is CCCCCCCCCC(CCCCCC)(C(=O)OC)C(=O)OC. The topological polar surface area (TPSA) is 52.6 Å². The van der Waals surface area contributed by atoms with Crippen molar-refractivity contribution in [1.29, 1.82) is 0 Å². The molecule has 0 radical (unpaired) electrons. The van der Waals surface area contributed by atoms with E-state index in [4.69, 9.17) is 9.47 Å². The first-order valence-electron chi connectivity index (χ1n) is 9.75. The van der Waals surface area contributed by atoms with Crippen LogP contribution in [0.3, 0.4) is 0 Å². The van der Waals surface area contributed by atoms with Gasteiger partial charge in [-0.3, -0.25) is 9.59 Å². The Kier molecular flexibility index (Phi) is 13.7. The van der Waals surface area contributed by atoms with Crippen molar-refractivity contribution in [2.75, 3.05) is 14.2 Å². The summed E-state index contributed by atoms with van der Waals surface area (Å²) in [6, 6.07) is 0. The lowest BCUT2D eigenvalue weighted by Gasteiger charge is -2.28. The number of carbonyl (C=O) groups is 2. The first-order valence-corrected chi connectivity index (χ1v) is 9.75. The molecule has 0 bridgehead atoms. The Morgan fingerprint density at radius 2 is 0.958 bits per heavy atom. The second-order valence-electron chi connectivity index (χ2n) is 6.75.